The van der Waals surface area contributed by atoms with Gasteiger partial charge in [-0.2, -0.15) is 0 Å². The molecule has 3 saturated carbocycles. The number of Topliss-reactive ketones (excluding diaryl/α,β-unsaturated/α-hetero) is 1. The zero-order valence-electron chi connectivity index (χ0n) is 20.8. The molecule has 0 radical (unpaired) electrons. The summed E-state index contributed by atoms with van der Waals surface area (Å²) >= 11 is 0. The summed E-state index contributed by atoms with van der Waals surface area (Å²) in [6.45, 7) is 14.3. The third-order valence-electron chi connectivity index (χ3n) is 8.85. The molecule has 0 amide bonds. The Balaban J connectivity index is 1.77. The maximum Gasteiger partial charge on any atom is 0.163 e. The fraction of sp³-hybridized carbons (Fsp3) is 0.750. The Kier molecular flexibility index (Phi) is 7.30. The summed E-state index contributed by atoms with van der Waals surface area (Å²) in [5.74, 6) is 1.01. The molecule has 0 aromatic carbocycles. The van der Waals surface area contributed by atoms with Crippen LogP contribution in [-0.4, -0.2) is 38.9 Å². The molecular formula is C28H44O4. The highest BCUT2D eigenvalue weighted by atomic mass is 16.3. The highest BCUT2D eigenvalue weighted by molar-refractivity contribution is 5.86. The topological polar surface area (TPSA) is 77.8 Å². The smallest absolute Gasteiger partial charge is 0.163 e. The molecular weight excluding hydrogens is 400 g/mol. The van der Waals surface area contributed by atoms with E-state index in [1.165, 1.54) is 31.3 Å². The number of hydrogen-bond acceptors (Lipinski definition) is 4. The van der Waals surface area contributed by atoms with Gasteiger partial charge in [0.15, 0.2) is 5.78 Å². The molecule has 0 bridgehead atoms. The average molecular weight is 445 g/mol. The van der Waals surface area contributed by atoms with Crippen molar-refractivity contribution in [2.75, 3.05) is 0 Å². The van der Waals surface area contributed by atoms with Crippen LogP contribution in [0.1, 0.15) is 92.4 Å². The van der Waals surface area contributed by atoms with Crippen molar-refractivity contribution in [3.63, 3.8) is 0 Å². The van der Waals surface area contributed by atoms with Gasteiger partial charge in [0, 0.05) is 12.8 Å². The summed E-state index contributed by atoms with van der Waals surface area (Å²) in [5, 5.41) is 30.2. The Morgan fingerprint density at radius 2 is 1.88 bits per heavy atom. The van der Waals surface area contributed by atoms with Crippen LogP contribution in [0.2, 0.25) is 0 Å². The molecule has 0 saturated heterocycles. The van der Waals surface area contributed by atoms with Gasteiger partial charge in [0.1, 0.15) is 5.60 Å². The third kappa shape index (κ3) is 5.13. The molecule has 1 unspecified atom stereocenters. The molecule has 3 N–H and O–H groups in total. The minimum absolute atomic E-state index is 0.0389. The molecule has 0 aliphatic heterocycles. The first-order valence-corrected chi connectivity index (χ1v) is 12.5. The first-order valence-electron chi connectivity index (χ1n) is 12.5. The second-order valence-corrected chi connectivity index (χ2v) is 12.1. The van der Waals surface area contributed by atoms with Crippen molar-refractivity contribution in [1.82, 2.24) is 0 Å². The molecule has 3 fully saturated rings. The number of aliphatic hydroxyl groups is 3. The van der Waals surface area contributed by atoms with Crippen molar-refractivity contribution in [2.24, 2.45) is 22.7 Å². The van der Waals surface area contributed by atoms with Gasteiger partial charge in [-0.25, -0.2) is 0 Å². The molecule has 32 heavy (non-hydrogen) atoms. The maximum atomic E-state index is 12.3. The van der Waals surface area contributed by atoms with Crippen LogP contribution in [0.4, 0.5) is 0 Å². The van der Waals surface area contributed by atoms with Crippen LogP contribution in [0.3, 0.4) is 0 Å². The SMILES string of the molecule is C=C1/C(=C\C=C2CCC[C@@]3(C)C2CC[C@@H]3C(C)(C)CCC(=O)C(C)(C)O)C[C@@H](O)C[C@H]1O. The Hall–Kier alpha value is -1.23. The number of ketones is 1. The van der Waals surface area contributed by atoms with Crippen LogP contribution < -0.4 is 0 Å². The predicted molar refractivity (Wildman–Crippen MR) is 129 cm³/mol. The van der Waals surface area contributed by atoms with E-state index in [0.29, 0.717) is 31.1 Å². The monoisotopic (exact) mass is 444 g/mol. The van der Waals surface area contributed by atoms with Crippen LogP contribution in [-0.2, 0) is 4.79 Å². The molecule has 4 nitrogen and oxygen atoms in total. The van der Waals surface area contributed by atoms with E-state index in [1.807, 2.05) is 0 Å². The van der Waals surface area contributed by atoms with Gasteiger partial charge in [-0.15, -0.1) is 0 Å². The molecule has 3 aliphatic carbocycles. The van der Waals surface area contributed by atoms with Crippen molar-refractivity contribution in [3.8, 4) is 0 Å². The van der Waals surface area contributed by atoms with Gasteiger partial charge in [0.25, 0.3) is 0 Å². The highest BCUT2D eigenvalue weighted by Gasteiger charge is 2.53. The van der Waals surface area contributed by atoms with E-state index in [2.05, 4.69) is 39.5 Å². The lowest BCUT2D eigenvalue weighted by atomic mass is 9.57. The predicted octanol–water partition coefficient (Wildman–Crippen LogP) is 5.27. The van der Waals surface area contributed by atoms with Gasteiger partial charge < -0.3 is 15.3 Å². The molecule has 0 spiro atoms. The van der Waals surface area contributed by atoms with Crippen LogP contribution in [0.15, 0.2) is 35.5 Å². The number of fused-ring (bicyclic) bond motifs is 1. The lowest BCUT2D eigenvalue weighted by Crippen LogP contribution is -2.41. The van der Waals surface area contributed by atoms with E-state index in [9.17, 15) is 20.1 Å². The van der Waals surface area contributed by atoms with Crippen LogP contribution in [0.5, 0.6) is 0 Å². The molecule has 0 heterocycles. The van der Waals surface area contributed by atoms with E-state index in [-0.39, 0.29) is 16.6 Å². The number of rotatable bonds is 6. The van der Waals surface area contributed by atoms with Crippen molar-refractivity contribution < 1.29 is 20.1 Å². The van der Waals surface area contributed by atoms with Crippen molar-refractivity contribution in [2.45, 2.75) is 110 Å². The van der Waals surface area contributed by atoms with Gasteiger partial charge in [-0.05, 0) is 92.6 Å². The first kappa shape index (κ1) is 25.4. The van der Waals surface area contributed by atoms with E-state index in [0.717, 1.165) is 24.0 Å². The molecule has 0 aromatic heterocycles. The normalized spacial score (nSPS) is 36.6. The Morgan fingerprint density at radius 1 is 1.19 bits per heavy atom. The average Bonchev–Trinajstić information content (AvgIpc) is 3.05. The van der Waals surface area contributed by atoms with Crippen LogP contribution >= 0.6 is 0 Å². The zero-order valence-corrected chi connectivity index (χ0v) is 20.8. The minimum Gasteiger partial charge on any atom is -0.393 e. The maximum absolute atomic E-state index is 12.3. The Labute approximate surface area is 194 Å². The summed E-state index contributed by atoms with van der Waals surface area (Å²) in [7, 11) is 0. The number of hydrogen-bond donors (Lipinski definition) is 3. The van der Waals surface area contributed by atoms with Gasteiger partial charge in [-0.1, -0.05) is 45.1 Å². The second kappa shape index (κ2) is 9.19. The zero-order chi connectivity index (χ0) is 23.9. The van der Waals surface area contributed by atoms with Crippen molar-refractivity contribution in [1.29, 1.82) is 0 Å². The van der Waals surface area contributed by atoms with Gasteiger partial charge >= 0.3 is 0 Å². The number of aliphatic hydroxyl groups excluding tert-OH is 2. The van der Waals surface area contributed by atoms with Crippen LogP contribution in [0, 0.1) is 22.7 Å². The number of carbonyl (C=O) groups excluding carboxylic acids is 1. The van der Waals surface area contributed by atoms with Gasteiger partial charge in [0.05, 0.1) is 12.2 Å². The summed E-state index contributed by atoms with van der Waals surface area (Å²) in [5.41, 5.74) is 2.20. The number of allylic oxidation sites excluding steroid dienone is 3. The number of carbonyl (C=O) groups is 1. The van der Waals surface area contributed by atoms with E-state index in [4.69, 9.17) is 0 Å². The lowest BCUT2D eigenvalue weighted by Gasteiger charge is -2.48. The van der Waals surface area contributed by atoms with E-state index in [1.54, 1.807) is 13.8 Å². The van der Waals surface area contributed by atoms with Gasteiger partial charge in [-0.3, -0.25) is 4.79 Å². The fourth-order valence-corrected chi connectivity index (χ4v) is 6.90. The van der Waals surface area contributed by atoms with Crippen molar-refractivity contribution in [3.05, 3.63) is 35.5 Å². The molecule has 4 heteroatoms. The third-order valence-corrected chi connectivity index (χ3v) is 8.85. The molecule has 180 valence electrons. The molecule has 3 aliphatic rings. The molecule has 0 aromatic rings. The molecule has 5 atom stereocenters. The summed E-state index contributed by atoms with van der Waals surface area (Å²) in [4.78, 5) is 12.3. The summed E-state index contributed by atoms with van der Waals surface area (Å²) < 4.78 is 0. The summed E-state index contributed by atoms with van der Waals surface area (Å²) in [6.07, 6.45) is 11.2. The van der Waals surface area contributed by atoms with Crippen LogP contribution in [0.25, 0.3) is 0 Å². The lowest BCUT2D eigenvalue weighted by molar-refractivity contribution is -0.135. The van der Waals surface area contributed by atoms with Gasteiger partial charge in [0.2, 0.25) is 0 Å². The first-order chi connectivity index (χ1) is 14.8. The largest absolute Gasteiger partial charge is 0.393 e. The second-order valence-electron chi connectivity index (χ2n) is 12.1. The fourth-order valence-electron chi connectivity index (χ4n) is 6.90. The quantitative estimate of drug-likeness (QED) is 0.521. The molecule has 3 rings (SSSR count). The Morgan fingerprint density at radius 3 is 2.53 bits per heavy atom. The van der Waals surface area contributed by atoms with Crippen molar-refractivity contribution >= 4 is 5.78 Å². The minimum atomic E-state index is -1.25. The van der Waals surface area contributed by atoms with E-state index >= 15 is 0 Å². The summed E-state index contributed by atoms with van der Waals surface area (Å²) in [6, 6.07) is 0. The highest BCUT2D eigenvalue weighted by Crippen LogP contribution is 2.62. The standard InChI is InChI=1S/C28H44O4/c1-18-20(16-21(29)17-23(18)30)10-9-19-8-7-14-28(6)22(19)11-12-24(28)26(2,3)15-13-25(31)27(4,5)32/h9-10,21-24,29-30,32H,1,7-8,11-17H2,2-6H3/b19-9?,20-10-/t21-,22?,23-,24-,28+/m1/s1. The van der Waals surface area contributed by atoms with E-state index < -0.39 is 17.8 Å². The Bertz CT molecular complexity index is 797.